The number of nitrogens with zero attached hydrogens (tertiary/aromatic N) is 2. The molecular weight excluding hydrogens is 282 g/mol. The molecule has 1 unspecified atom stereocenters. The molecule has 114 valence electrons. The van der Waals surface area contributed by atoms with Gasteiger partial charge in [-0.3, -0.25) is 4.90 Å². The van der Waals surface area contributed by atoms with Crippen molar-refractivity contribution in [2.75, 3.05) is 31.6 Å². The van der Waals surface area contributed by atoms with Crippen LogP contribution in [0.3, 0.4) is 0 Å². The van der Waals surface area contributed by atoms with Gasteiger partial charge >= 0.3 is 0 Å². The first-order valence-electron chi connectivity index (χ1n) is 7.81. The van der Waals surface area contributed by atoms with Crippen LogP contribution in [0.15, 0.2) is 18.2 Å². The van der Waals surface area contributed by atoms with Gasteiger partial charge in [0.25, 0.3) is 0 Å². The fourth-order valence-corrected chi connectivity index (χ4v) is 3.89. The number of likely N-dealkylation sites (tertiary alicyclic amines) is 1. The Morgan fingerprint density at radius 3 is 3.14 bits per heavy atom. The largest absolute Gasteiger partial charge is 0.494 e. The predicted octanol–water partition coefficient (Wildman–Crippen LogP) is 3.59. The minimum absolute atomic E-state index is 0.654. The molecule has 1 aromatic carbocycles. The van der Waals surface area contributed by atoms with Crippen molar-refractivity contribution in [1.82, 2.24) is 9.88 Å². The first-order valence-corrected chi connectivity index (χ1v) is 8.63. The third kappa shape index (κ3) is 3.30. The van der Waals surface area contributed by atoms with Gasteiger partial charge in [-0.2, -0.15) is 0 Å². The van der Waals surface area contributed by atoms with Gasteiger partial charge in [-0.15, -0.1) is 0 Å². The standard InChI is InChI=1S/C16H23N3OS/c1-3-19-9-5-6-12(19)11-17-16-18-14-8-7-13(20-4-2)10-15(14)21-16/h7-8,10,12H,3-6,9,11H2,1-2H3,(H,17,18). The number of nitrogens with one attached hydrogen (secondary N) is 1. The van der Waals surface area contributed by atoms with Crippen LogP contribution < -0.4 is 10.1 Å². The molecule has 1 saturated heterocycles. The molecule has 1 aliphatic heterocycles. The molecule has 0 aliphatic carbocycles. The van der Waals surface area contributed by atoms with Crippen molar-refractivity contribution in [1.29, 1.82) is 0 Å². The lowest BCUT2D eigenvalue weighted by atomic mass is 10.2. The van der Waals surface area contributed by atoms with E-state index in [0.29, 0.717) is 12.6 Å². The van der Waals surface area contributed by atoms with Gasteiger partial charge in [0.1, 0.15) is 5.75 Å². The maximum Gasteiger partial charge on any atom is 0.183 e. The molecule has 1 atom stereocenters. The second kappa shape index (κ2) is 6.62. The van der Waals surface area contributed by atoms with E-state index in [1.54, 1.807) is 11.3 Å². The summed E-state index contributed by atoms with van der Waals surface area (Å²) >= 11 is 1.71. The molecule has 4 nitrogen and oxygen atoms in total. The Bertz CT molecular complexity index is 598. The molecule has 0 amide bonds. The molecule has 2 aromatic rings. The van der Waals surface area contributed by atoms with E-state index < -0.39 is 0 Å². The fraction of sp³-hybridized carbons (Fsp3) is 0.562. The van der Waals surface area contributed by atoms with Gasteiger partial charge in [0.15, 0.2) is 5.13 Å². The van der Waals surface area contributed by atoms with Crippen LogP contribution in [0.25, 0.3) is 10.2 Å². The lowest BCUT2D eigenvalue weighted by Crippen LogP contribution is -2.34. The number of fused-ring (bicyclic) bond motifs is 1. The van der Waals surface area contributed by atoms with E-state index in [4.69, 9.17) is 4.74 Å². The van der Waals surface area contributed by atoms with Crippen molar-refractivity contribution in [3.63, 3.8) is 0 Å². The Hall–Kier alpha value is -1.33. The molecule has 0 bridgehead atoms. The second-order valence-electron chi connectivity index (χ2n) is 5.39. The van der Waals surface area contributed by atoms with Gasteiger partial charge in [-0.05, 0) is 51.1 Å². The average Bonchev–Trinajstić information content (AvgIpc) is 3.10. The van der Waals surface area contributed by atoms with Crippen LogP contribution in [0, 0.1) is 0 Å². The van der Waals surface area contributed by atoms with Gasteiger partial charge in [0.05, 0.1) is 16.8 Å². The molecule has 1 aromatic heterocycles. The topological polar surface area (TPSA) is 37.4 Å². The van der Waals surface area contributed by atoms with Crippen LogP contribution in [-0.4, -0.2) is 42.2 Å². The Balaban J connectivity index is 1.67. The van der Waals surface area contributed by atoms with E-state index in [1.165, 1.54) is 24.1 Å². The minimum atomic E-state index is 0.654. The molecule has 5 heteroatoms. The summed E-state index contributed by atoms with van der Waals surface area (Å²) in [7, 11) is 0. The molecule has 3 rings (SSSR count). The van der Waals surface area contributed by atoms with Crippen LogP contribution in [-0.2, 0) is 0 Å². The van der Waals surface area contributed by atoms with Gasteiger partial charge in [0.2, 0.25) is 0 Å². The highest BCUT2D eigenvalue weighted by molar-refractivity contribution is 7.22. The van der Waals surface area contributed by atoms with Crippen LogP contribution in [0.4, 0.5) is 5.13 Å². The Labute approximate surface area is 130 Å². The lowest BCUT2D eigenvalue weighted by Gasteiger charge is -2.22. The first-order chi connectivity index (χ1) is 10.3. The van der Waals surface area contributed by atoms with E-state index in [0.717, 1.165) is 29.5 Å². The fourth-order valence-electron chi connectivity index (χ4n) is 2.98. The number of hydrogen-bond acceptors (Lipinski definition) is 5. The van der Waals surface area contributed by atoms with E-state index >= 15 is 0 Å². The van der Waals surface area contributed by atoms with Gasteiger partial charge < -0.3 is 10.1 Å². The lowest BCUT2D eigenvalue weighted by molar-refractivity contribution is 0.277. The van der Waals surface area contributed by atoms with Gasteiger partial charge in [-0.1, -0.05) is 18.3 Å². The molecular formula is C16H23N3OS. The first kappa shape index (κ1) is 14.6. The minimum Gasteiger partial charge on any atom is -0.494 e. The Morgan fingerprint density at radius 2 is 2.33 bits per heavy atom. The number of rotatable bonds is 6. The number of thiazole rings is 1. The van der Waals surface area contributed by atoms with Crippen LogP contribution in [0.5, 0.6) is 5.75 Å². The van der Waals surface area contributed by atoms with Crippen molar-refractivity contribution >= 4 is 26.7 Å². The third-order valence-corrected chi connectivity index (χ3v) is 5.04. The molecule has 0 spiro atoms. The number of anilines is 1. The summed E-state index contributed by atoms with van der Waals surface area (Å²) < 4.78 is 6.73. The second-order valence-corrected chi connectivity index (χ2v) is 6.42. The summed E-state index contributed by atoms with van der Waals surface area (Å²) in [6, 6.07) is 6.76. The smallest absolute Gasteiger partial charge is 0.183 e. The van der Waals surface area contributed by atoms with Crippen molar-refractivity contribution < 1.29 is 4.74 Å². The van der Waals surface area contributed by atoms with E-state index in [1.807, 2.05) is 19.1 Å². The highest BCUT2D eigenvalue weighted by Gasteiger charge is 2.22. The normalized spacial score (nSPS) is 19.2. The molecule has 1 N–H and O–H groups in total. The Kier molecular flexibility index (Phi) is 4.60. The van der Waals surface area contributed by atoms with E-state index in [2.05, 4.69) is 28.2 Å². The third-order valence-electron chi connectivity index (χ3n) is 4.07. The number of likely N-dealkylation sites (N-methyl/N-ethyl adjacent to an activating group) is 1. The van der Waals surface area contributed by atoms with Crippen molar-refractivity contribution in [3.05, 3.63) is 18.2 Å². The van der Waals surface area contributed by atoms with Crippen LogP contribution >= 0.6 is 11.3 Å². The van der Waals surface area contributed by atoms with E-state index in [9.17, 15) is 0 Å². The molecule has 21 heavy (non-hydrogen) atoms. The molecule has 1 aliphatic rings. The molecule has 0 saturated carbocycles. The molecule has 0 radical (unpaired) electrons. The monoisotopic (exact) mass is 305 g/mol. The summed E-state index contributed by atoms with van der Waals surface area (Å²) in [5.41, 5.74) is 1.05. The molecule has 2 heterocycles. The van der Waals surface area contributed by atoms with Crippen LogP contribution in [0.2, 0.25) is 0 Å². The summed E-state index contributed by atoms with van der Waals surface area (Å²) in [5.74, 6) is 0.924. The zero-order chi connectivity index (χ0) is 14.7. The van der Waals surface area contributed by atoms with Crippen molar-refractivity contribution in [2.24, 2.45) is 0 Å². The maximum absolute atomic E-state index is 5.54. The van der Waals surface area contributed by atoms with E-state index in [-0.39, 0.29) is 0 Å². The number of benzene rings is 1. The summed E-state index contributed by atoms with van der Waals surface area (Å²) in [6.45, 7) is 8.32. The van der Waals surface area contributed by atoms with Crippen LogP contribution in [0.1, 0.15) is 26.7 Å². The highest BCUT2D eigenvalue weighted by atomic mass is 32.1. The van der Waals surface area contributed by atoms with Gasteiger partial charge in [-0.25, -0.2) is 4.98 Å². The van der Waals surface area contributed by atoms with Crippen molar-refractivity contribution in [3.8, 4) is 5.75 Å². The number of aromatic nitrogens is 1. The number of hydrogen-bond donors (Lipinski definition) is 1. The zero-order valence-electron chi connectivity index (χ0n) is 12.8. The van der Waals surface area contributed by atoms with Gasteiger partial charge in [0, 0.05) is 12.6 Å². The summed E-state index contributed by atoms with van der Waals surface area (Å²) in [5, 5.41) is 4.53. The quantitative estimate of drug-likeness (QED) is 0.885. The predicted molar refractivity (Wildman–Crippen MR) is 89.5 cm³/mol. The summed E-state index contributed by atoms with van der Waals surface area (Å²) in [4.78, 5) is 7.21. The average molecular weight is 305 g/mol. The molecule has 1 fully saturated rings. The highest BCUT2D eigenvalue weighted by Crippen LogP contribution is 2.29. The number of ether oxygens (including phenoxy) is 1. The summed E-state index contributed by atoms with van der Waals surface area (Å²) in [6.07, 6.45) is 2.61. The Morgan fingerprint density at radius 1 is 1.43 bits per heavy atom. The van der Waals surface area contributed by atoms with Crippen molar-refractivity contribution in [2.45, 2.75) is 32.7 Å². The maximum atomic E-state index is 5.54. The SMILES string of the molecule is CCOc1ccc2nc(NCC3CCCN3CC)sc2c1. The zero-order valence-corrected chi connectivity index (χ0v) is 13.6.